The van der Waals surface area contributed by atoms with Crippen molar-refractivity contribution >= 4 is 18.1 Å². The molecule has 0 spiro atoms. The second-order valence-electron chi connectivity index (χ2n) is 6.22. The van der Waals surface area contributed by atoms with Crippen LogP contribution in [0.3, 0.4) is 0 Å². The van der Waals surface area contributed by atoms with Gasteiger partial charge in [0.15, 0.2) is 0 Å². The Bertz CT molecular complexity index is 738. The minimum atomic E-state index is 0.0496. The smallest absolute Gasteiger partial charge is 0.246 e. The van der Waals surface area contributed by atoms with E-state index in [1.165, 1.54) is 5.56 Å². The fraction of sp³-hybridized carbons (Fsp3) is 0.286. The standard InChI is InChI=1S/C21H24N2O2/c1-18-9-10-20(25-18)11-12-21(24)23-16-14-22(15-17-23)13-5-8-19-6-3-2-4-7-19/h2-12H,13-17H2,1H3/b8-5+,12-11-. The molecule has 0 aliphatic carbocycles. The first-order valence-electron chi connectivity index (χ1n) is 8.68. The van der Waals surface area contributed by atoms with Crippen molar-refractivity contribution in [1.29, 1.82) is 0 Å². The second kappa shape index (κ2) is 8.49. The summed E-state index contributed by atoms with van der Waals surface area (Å²) in [5, 5.41) is 0. The lowest BCUT2D eigenvalue weighted by Gasteiger charge is -2.33. The van der Waals surface area contributed by atoms with E-state index in [0.29, 0.717) is 0 Å². The first-order chi connectivity index (χ1) is 12.2. The largest absolute Gasteiger partial charge is 0.462 e. The van der Waals surface area contributed by atoms with Crippen molar-refractivity contribution in [2.75, 3.05) is 32.7 Å². The summed E-state index contributed by atoms with van der Waals surface area (Å²) in [5.41, 5.74) is 1.22. The monoisotopic (exact) mass is 336 g/mol. The van der Waals surface area contributed by atoms with Gasteiger partial charge in [-0.15, -0.1) is 0 Å². The molecule has 0 unspecified atom stereocenters. The molecule has 0 radical (unpaired) electrons. The summed E-state index contributed by atoms with van der Waals surface area (Å²) in [7, 11) is 0. The van der Waals surface area contributed by atoms with Crippen LogP contribution in [0.5, 0.6) is 0 Å². The average molecular weight is 336 g/mol. The number of furan rings is 1. The molecule has 1 fully saturated rings. The number of aryl methyl sites for hydroxylation is 1. The zero-order valence-electron chi connectivity index (χ0n) is 14.6. The summed E-state index contributed by atoms with van der Waals surface area (Å²) in [6, 6.07) is 14.1. The number of hydrogen-bond acceptors (Lipinski definition) is 3. The molecule has 2 aromatic rings. The van der Waals surface area contributed by atoms with Crippen molar-refractivity contribution < 1.29 is 9.21 Å². The number of rotatable bonds is 5. The predicted molar refractivity (Wildman–Crippen MR) is 101 cm³/mol. The van der Waals surface area contributed by atoms with Crippen LogP contribution in [0.25, 0.3) is 12.2 Å². The lowest BCUT2D eigenvalue weighted by molar-refractivity contribution is -0.127. The molecule has 1 aromatic carbocycles. The Morgan fingerprint density at radius 3 is 2.48 bits per heavy atom. The normalized spacial score (nSPS) is 16.1. The van der Waals surface area contributed by atoms with E-state index in [1.807, 2.05) is 42.2 Å². The summed E-state index contributed by atoms with van der Waals surface area (Å²) >= 11 is 0. The van der Waals surface area contributed by atoms with Gasteiger partial charge in [0.05, 0.1) is 0 Å². The van der Waals surface area contributed by atoms with Gasteiger partial charge in [0, 0.05) is 38.8 Å². The van der Waals surface area contributed by atoms with Gasteiger partial charge in [-0.25, -0.2) is 0 Å². The maximum absolute atomic E-state index is 12.2. The molecular weight excluding hydrogens is 312 g/mol. The van der Waals surface area contributed by atoms with Gasteiger partial charge in [-0.2, -0.15) is 0 Å². The van der Waals surface area contributed by atoms with Crippen LogP contribution >= 0.6 is 0 Å². The zero-order chi connectivity index (χ0) is 17.5. The van der Waals surface area contributed by atoms with Gasteiger partial charge in [-0.1, -0.05) is 42.5 Å². The number of nitrogens with zero attached hydrogens (tertiary/aromatic N) is 2. The van der Waals surface area contributed by atoms with Gasteiger partial charge in [0.25, 0.3) is 0 Å². The van der Waals surface area contributed by atoms with E-state index < -0.39 is 0 Å². The minimum absolute atomic E-state index is 0.0496. The topological polar surface area (TPSA) is 36.7 Å². The SMILES string of the molecule is Cc1ccc(/C=C\C(=O)N2CCN(C/C=C/c3ccccc3)CC2)o1. The highest BCUT2D eigenvalue weighted by atomic mass is 16.3. The minimum Gasteiger partial charge on any atom is -0.462 e. The third-order valence-corrected chi connectivity index (χ3v) is 4.31. The lowest BCUT2D eigenvalue weighted by atomic mass is 10.2. The van der Waals surface area contributed by atoms with Crippen molar-refractivity contribution in [1.82, 2.24) is 9.80 Å². The Labute approximate surface area is 149 Å². The third kappa shape index (κ3) is 5.19. The maximum atomic E-state index is 12.2. The van der Waals surface area contributed by atoms with E-state index in [2.05, 4.69) is 29.2 Å². The van der Waals surface area contributed by atoms with Crippen molar-refractivity contribution in [2.45, 2.75) is 6.92 Å². The molecule has 0 bridgehead atoms. The molecular formula is C21H24N2O2. The summed E-state index contributed by atoms with van der Waals surface area (Å²) in [4.78, 5) is 16.5. The number of piperazine rings is 1. The molecule has 2 heterocycles. The van der Waals surface area contributed by atoms with Crippen molar-refractivity contribution in [2.24, 2.45) is 0 Å². The van der Waals surface area contributed by atoms with E-state index in [9.17, 15) is 4.79 Å². The van der Waals surface area contributed by atoms with Crippen LogP contribution in [0.4, 0.5) is 0 Å². The Hall–Kier alpha value is -2.59. The first-order valence-corrected chi connectivity index (χ1v) is 8.68. The highest BCUT2D eigenvalue weighted by Crippen LogP contribution is 2.09. The Morgan fingerprint density at radius 2 is 1.80 bits per heavy atom. The highest BCUT2D eigenvalue weighted by Gasteiger charge is 2.18. The van der Waals surface area contributed by atoms with Crippen LogP contribution in [-0.4, -0.2) is 48.4 Å². The number of benzene rings is 1. The molecule has 1 aromatic heterocycles. The van der Waals surface area contributed by atoms with Crippen LogP contribution in [0.1, 0.15) is 17.1 Å². The molecule has 4 nitrogen and oxygen atoms in total. The van der Waals surface area contributed by atoms with E-state index in [0.717, 1.165) is 44.2 Å². The first kappa shape index (κ1) is 17.2. The second-order valence-corrected chi connectivity index (χ2v) is 6.22. The molecule has 0 saturated carbocycles. The Morgan fingerprint density at radius 1 is 1.04 bits per heavy atom. The number of carbonyl (C=O) groups excluding carboxylic acids is 1. The van der Waals surface area contributed by atoms with Crippen LogP contribution in [0, 0.1) is 6.92 Å². The Balaban J connectivity index is 1.43. The third-order valence-electron chi connectivity index (χ3n) is 4.31. The van der Waals surface area contributed by atoms with Gasteiger partial charge >= 0.3 is 0 Å². The van der Waals surface area contributed by atoms with Gasteiger partial charge in [0.2, 0.25) is 5.91 Å². The van der Waals surface area contributed by atoms with Crippen LogP contribution in [0.15, 0.2) is 59.0 Å². The van der Waals surface area contributed by atoms with Crippen LogP contribution in [-0.2, 0) is 4.79 Å². The number of carbonyl (C=O) groups is 1. The van der Waals surface area contributed by atoms with Gasteiger partial charge < -0.3 is 9.32 Å². The van der Waals surface area contributed by atoms with Gasteiger partial charge in [-0.3, -0.25) is 9.69 Å². The number of hydrogen-bond donors (Lipinski definition) is 0. The summed E-state index contributed by atoms with van der Waals surface area (Å²) in [6.07, 6.45) is 7.67. The van der Waals surface area contributed by atoms with E-state index in [-0.39, 0.29) is 5.91 Å². The zero-order valence-corrected chi connectivity index (χ0v) is 14.6. The Kier molecular flexibility index (Phi) is 5.86. The molecule has 25 heavy (non-hydrogen) atoms. The maximum Gasteiger partial charge on any atom is 0.246 e. The molecule has 0 atom stereocenters. The number of amides is 1. The van der Waals surface area contributed by atoms with E-state index in [4.69, 9.17) is 4.42 Å². The molecule has 1 amide bonds. The highest BCUT2D eigenvalue weighted by molar-refractivity contribution is 5.91. The molecule has 130 valence electrons. The van der Waals surface area contributed by atoms with E-state index in [1.54, 1.807) is 12.2 Å². The van der Waals surface area contributed by atoms with Crippen molar-refractivity contribution in [3.63, 3.8) is 0 Å². The van der Waals surface area contributed by atoms with Crippen LogP contribution in [0.2, 0.25) is 0 Å². The molecule has 1 aliphatic rings. The molecule has 1 saturated heterocycles. The van der Waals surface area contributed by atoms with E-state index >= 15 is 0 Å². The molecule has 0 N–H and O–H groups in total. The predicted octanol–water partition coefficient (Wildman–Crippen LogP) is 3.46. The van der Waals surface area contributed by atoms with Crippen LogP contribution < -0.4 is 0 Å². The molecule has 1 aliphatic heterocycles. The fourth-order valence-electron chi connectivity index (χ4n) is 2.85. The summed E-state index contributed by atoms with van der Waals surface area (Å²) in [6.45, 7) is 6.14. The lowest BCUT2D eigenvalue weighted by Crippen LogP contribution is -2.48. The summed E-state index contributed by atoms with van der Waals surface area (Å²) < 4.78 is 5.45. The molecule has 4 heteroatoms. The van der Waals surface area contributed by atoms with Crippen molar-refractivity contribution in [3.05, 3.63) is 71.7 Å². The molecule has 3 rings (SSSR count). The van der Waals surface area contributed by atoms with Gasteiger partial charge in [0.1, 0.15) is 11.5 Å². The summed E-state index contributed by atoms with van der Waals surface area (Å²) in [5.74, 6) is 1.62. The average Bonchev–Trinajstić information content (AvgIpc) is 3.06. The fourth-order valence-corrected chi connectivity index (χ4v) is 2.85. The van der Waals surface area contributed by atoms with Gasteiger partial charge in [-0.05, 0) is 30.7 Å². The quantitative estimate of drug-likeness (QED) is 0.785. The van der Waals surface area contributed by atoms with Crippen molar-refractivity contribution in [3.8, 4) is 0 Å².